The molecule has 0 radical (unpaired) electrons. The van der Waals surface area contributed by atoms with E-state index in [0.717, 1.165) is 25.3 Å². The third-order valence-corrected chi connectivity index (χ3v) is 5.20. The van der Waals surface area contributed by atoms with Crippen LogP contribution in [-0.2, 0) is 19.4 Å². The van der Waals surface area contributed by atoms with Gasteiger partial charge in [0, 0.05) is 17.6 Å². The highest BCUT2D eigenvalue weighted by molar-refractivity contribution is 6.20. The van der Waals surface area contributed by atoms with Crippen molar-refractivity contribution in [1.82, 2.24) is 9.78 Å². The summed E-state index contributed by atoms with van der Waals surface area (Å²) in [6, 6.07) is 2.28. The number of hydrogen-bond donors (Lipinski definition) is 0. The van der Waals surface area contributed by atoms with Crippen LogP contribution in [0.5, 0.6) is 0 Å². The second kappa shape index (κ2) is 6.78. The van der Waals surface area contributed by atoms with Crippen molar-refractivity contribution in [2.75, 3.05) is 0 Å². The van der Waals surface area contributed by atoms with Gasteiger partial charge in [-0.05, 0) is 56.9 Å². The molecule has 0 amide bonds. The molecule has 0 aliphatic heterocycles. The van der Waals surface area contributed by atoms with Crippen LogP contribution < -0.4 is 0 Å². The Hall–Kier alpha value is -0.500. The van der Waals surface area contributed by atoms with Crippen molar-refractivity contribution < 1.29 is 0 Å². The summed E-state index contributed by atoms with van der Waals surface area (Å²) in [5.41, 5.74) is 2.59. The summed E-state index contributed by atoms with van der Waals surface area (Å²) in [6.45, 7) is 7.61. The summed E-state index contributed by atoms with van der Waals surface area (Å²) < 4.78 is 2.16. The fourth-order valence-electron chi connectivity index (χ4n) is 3.30. The Balaban J connectivity index is 2.08. The number of rotatable bonds is 5. The van der Waals surface area contributed by atoms with Crippen LogP contribution in [0.4, 0.5) is 0 Å². The van der Waals surface area contributed by atoms with Gasteiger partial charge in [0.1, 0.15) is 0 Å². The Bertz CT molecular complexity index is 399. The van der Waals surface area contributed by atoms with Crippen LogP contribution in [0.25, 0.3) is 0 Å². The lowest BCUT2D eigenvalue weighted by Gasteiger charge is -2.32. The van der Waals surface area contributed by atoms with E-state index in [1.165, 1.54) is 37.1 Å². The Kier molecular flexibility index (Phi) is 5.32. The second-order valence-electron chi connectivity index (χ2n) is 5.86. The maximum atomic E-state index is 6.56. The average molecular weight is 283 g/mol. The van der Waals surface area contributed by atoms with Gasteiger partial charge in [-0.25, -0.2) is 0 Å². The van der Waals surface area contributed by atoms with E-state index >= 15 is 0 Å². The molecule has 1 aliphatic rings. The molecule has 3 heteroatoms. The topological polar surface area (TPSA) is 17.8 Å². The van der Waals surface area contributed by atoms with Crippen molar-refractivity contribution in [2.45, 2.75) is 71.2 Å². The molecule has 0 spiro atoms. The fraction of sp³-hybridized carbons (Fsp3) is 0.812. The fourth-order valence-corrected chi connectivity index (χ4v) is 3.62. The first-order chi connectivity index (χ1) is 9.17. The van der Waals surface area contributed by atoms with Gasteiger partial charge in [0.2, 0.25) is 0 Å². The Morgan fingerprint density at radius 1 is 1.32 bits per heavy atom. The Morgan fingerprint density at radius 2 is 2.11 bits per heavy atom. The first kappa shape index (κ1) is 14.9. The molecule has 1 aromatic rings. The normalized spacial score (nSPS) is 27.7. The SMILES string of the molecule is CCc1cc(CC2CC(CC)CCC2Cl)n(CC)n1. The van der Waals surface area contributed by atoms with Gasteiger partial charge in [-0.3, -0.25) is 4.68 Å². The molecule has 19 heavy (non-hydrogen) atoms. The quantitative estimate of drug-likeness (QED) is 0.730. The summed E-state index contributed by atoms with van der Waals surface area (Å²) in [4.78, 5) is 0. The van der Waals surface area contributed by atoms with Gasteiger partial charge in [-0.2, -0.15) is 5.10 Å². The zero-order chi connectivity index (χ0) is 13.8. The highest BCUT2D eigenvalue weighted by Crippen LogP contribution is 2.36. The monoisotopic (exact) mass is 282 g/mol. The zero-order valence-corrected chi connectivity index (χ0v) is 13.3. The van der Waals surface area contributed by atoms with Crippen molar-refractivity contribution in [3.05, 3.63) is 17.5 Å². The lowest BCUT2D eigenvalue weighted by atomic mass is 9.78. The summed E-state index contributed by atoms with van der Waals surface area (Å²) in [5.74, 6) is 1.51. The van der Waals surface area contributed by atoms with E-state index < -0.39 is 0 Å². The highest BCUT2D eigenvalue weighted by atomic mass is 35.5. The van der Waals surface area contributed by atoms with Gasteiger partial charge in [0.05, 0.1) is 5.69 Å². The summed E-state index contributed by atoms with van der Waals surface area (Å²) in [5, 5.41) is 5.01. The van der Waals surface area contributed by atoms with Crippen LogP contribution in [-0.4, -0.2) is 15.2 Å². The molecule has 0 N–H and O–H groups in total. The van der Waals surface area contributed by atoms with Crippen molar-refractivity contribution >= 4 is 11.6 Å². The van der Waals surface area contributed by atoms with Gasteiger partial charge in [0.15, 0.2) is 0 Å². The molecule has 1 aromatic heterocycles. The molecule has 2 rings (SSSR count). The molecule has 0 saturated heterocycles. The summed E-state index contributed by atoms with van der Waals surface area (Å²) in [6.07, 6.45) is 7.21. The third-order valence-electron chi connectivity index (χ3n) is 4.62. The molecule has 0 bridgehead atoms. The third kappa shape index (κ3) is 3.53. The maximum absolute atomic E-state index is 6.56. The molecule has 1 saturated carbocycles. The predicted octanol–water partition coefficient (Wildman–Crippen LogP) is 4.44. The van der Waals surface area contributed by atoms with E-state index in [1.807, 2.05) is 0 Å². The molecule has 0 aromatic carbocycles. The number of nitrogens with zero attached hydrogens (tertiary/aromatic N) is 2. The largest absolute Gasteiger partial charge is 0.270 e. The van der Waals surface area contributed by atoms with Crippen molar-refractivity contribution in [3.8, 4) is 0 Å². The van der Waals surface area contributed by atoms with Crippen molar-refractivity contribution in [1.29, 1.82) is 0 Å². The number of halogens is 1. The van der Waals surface area contributed by atoms with E-state index in [2.05, 4.69) is 36.6 Å². The molecule has 1 heterocycles. The molecular weight excluding hydrogens is 256 g/mol. The van der Waals surface area contributed by atoms with Crippen molar-refractivity contribution in [2.24, 2.45) is 11.8 Å². The zero-order valence-electron chi connectivity index (χ0n) is 12.5. The molecule has 2 nitrogen and oxygen atoms in total. The molecule has 1 aliphatic carbocycles. The number of aryl methyl sites for hydroxylation is 2. The number of alkyl halides is 1. The molecule has 108 valence electrons. The van der Waals surface area contributed by atoms with Crippen LogP contribution in [0.1, 0.15) is 57.8 Å². The summed E-state index contributed by atoms with van der Waals surface area (Å²) in [7, 11) is 0. The lowest BCUT2D eigenvalue weighted by molar-refractivity contribution is 0.261. The minimum Gasteiger partial charge on any atom is -0.270 e. The predicted molar refractivity (Wildman–Crippen MR) is 81.7 cm³/mol. The standard InChI is InChI=1S/C16H27ClN2/c1-4-12-7-8-16(17)13(9-12)10-15-11-14(5-2)18-19(15)6-3/h11-13,16H,4-10H2,1-3H3. The average Bonchev–Trinajstić information content (AvgIpc) is 2.83. The van der Waals surface area contributed by atoms with Crippen LogP contribution in [0.15, 0.2) is 6.07 Å². The van der Waals surface area contributed by atoms with Gasteiger partial charge >= 0.3 is 0 Å². The lowest BCUT2D eigenvalue weighted by Crippen LogP contribution is -2.27. The Labute approximate surface area is 122 Å². The minimum absolute atomic E-state index is 0.355. The number of hydrogen-bond acceptors (Lipinski definition) is 1. The van der Waals surface area contributed by atoms with Gasteiger partial charge in [-0.15, -0.1) is 11.6 Å². The minimum atomic E-state index is 0.355. The molecule has 1 fully saturated rings. The second-order valence-corrected chi connectivity index (χ2v) is 6.42. The van der Waals surface area contributed by atoms with Gasteiger partial charge < -0.3 is 0 Å². The van der Waals surface area contributed by atoms with E-state index in [-0.39, 0.29) is 0 Å². The van der Waals surface area contributed by atoms with Crippen LogP contribution in [0.3, 0.4) is 0 Å². The van der Waals surface area contributed by atoms with E-state index in [1.54, 1.807) is 0 Å². The summed E-state index contributed by atoms with van der Waals surface area (Å²) >= 11 is 6.56. The first-order valence-corrected chi connectivity index (χ1v) is 8.31. The molecule has 3 atom stereocenters. The van der Waals surface area contributed by atoms with Crippen molar-refractivity contribution in [3.63, 3.8) is 0 Å². The van der Waals surface area contributed by atoms with E-state index in [4.69, 9.17) is 11.6 Å². The molecular formula is C16H27ClN2. The van der Waals surface area contributed by atoms with Gasteiger partial charge in [-0.1, -0.05) is 20.3 Å². The first-order valence-electron chi connectivity index (χ1n) is 7.87. The smallest absolute Gasteiger partial charge is 0.0624 e. The highest BCUT2D eigenvalue weighted by Gasteiger charge is 2.29. The molecule has 3 unspecified atom stereocenters. The maximum Gasteiger partial charge on any atom is 0.0624 e. The van der Waals surface area contributed by atoms with Gasteiger partial charge in [0.25, 0.3) is 0 Å². The van der Waals surface area contributed by atoms with Crippen LogP contribution in [0, 0.1) is 11.8 Å². The van der Waals surface area contributed by atoms with Crippen LogP contribution in [0.2, 0.25) is 0 Å². The van der Waals surface area contributed by atoms with E-state index in [9.17, 15) is 0 Å². The number of aromatic nitrogens is 2. The van der Waals surface area contributed by atoms with Crippen LogP contribution >= 0.6 is 11.6 Å². The van der Waals surface area contributed by atoms with E-state index in [0.29, 0.717) is 11.3 Å². The Morgan fingerprint density at radius 3 is 2.74 bits per heavy atom.